The predicted octanol–water partition coefficient (Wildman–Crippen LogP) is 3.34. The molecule has 0 bridgehead atoms. The minimum Gasteiger partial charge on any atom is -0.477 e. The third-order valence-electron chi connectivity index (χ3n) is 4.51. The van der Waals surface area contributed by atoms with Crippen LogP contribution < -0.4 is 9.47 Å². The summed E-state index contributed by atoms with van der Waals surface area (Å²) in [6.07, 6.45) is -3.11. The van der Waals surface area contributed by atoms with Gasteiger partial charge in [0.05, 0.1) is 6.61 Å². The maximum Gasteiger partial charge on any atom is 0.573 e. The van der Waals surface area contributed by atoms with E-state index in [4.69, 9.17) is 4.74 Å². The van der Waals surface area contributed by atoms with Crippen LogP contribution >= 0.6 is 0 Å². The molecule has 0 N–H and O–H groups in total. The Morgan fingerprint density at radius 1 is 1.10 bits per heavy atom. The van der Waals surface area contributed by atoms with Gasteiger partial charge in [-0.15, -0.1) is 13.2 Å². The summed E-state index contributed by atoms with van der Waals surface area (Å²) in [7, 11) is 0. The zero-order valence-electron chi connectivity index (χ0n) is 16.0. The first kappa shape index (κ1) is 20.9. The Morgan fingerprint density at radius 3 is 2.41 bits per heavy atom. The smallest absolute Gasteiger partial charge is 0.477 e. The fourth-order valence-corrected chi connectivity index (χ4v) is 3.14. The molecule has 156 valence electrons. The molecule has 0 unspecified atom stereocenters. The summed E-state index contributed by atoms with van der Waals surface area (Å²) >= 11 is 0. The fraction of sp³-hybridized carbons (Fsp3) is 0.400. The van der Waals surface area contributed by atoms with Gasteiger partial charge >= 0.3 is 6.36 Å². The highest BCUT2D eigenvalue weighted by Crippen LogP contribution is 2.23. The summed E-state index contributed by atoms with van der Waals surface area (Å²) < 4.78 is 46.0. The van der Waals surface area contributed by atoms with E-state index in [1.165, 1.54) is 12.1 Å². The molecule has 1 amide bonds. The maximum absolute atomic E-state index is 12.8. The predicted molar refractivity (Wildman–Crippen MR) is 99.7 cm³/mol. The molecule has 1 saturated heterocycles. The van der Waals surface area contributed by atoms with E-state index in [0.717, 1.165) is 5.56 Å². The topological polar surface area (TPSA) is 54.9 Å². The largest absolute Gasteiger partial charge is 0.573 e. The average molecular weight is 409 g/mol. The molecule has 0 aliphatic carbocycles. The number of hydrogen-bond donors (Lipinski definition) is 0. The van der Waals surface area contributed by atoms with Crippen molar-refractivity contribution in [2.75, 3.05) is 32.8 Å². The van der Waals surface area contributed by atoms with Crippen molar-refractivity contribution in [2.24, 2.45) is 0 Å². The van der Waals surface area contributed by atoms with Gasteiger partial charge in [0, 0.05) is 38.9 Å². The quantitative estimate of drug-likeness (QED) is 0.733. The highest BCUT2D eigenvalue weighted by atomic mass is 19.4. The van der Waals surface area contributed by atoms with Gasteiger partial charge in [0.15, 0.2) is 0 Å². The molecule has 2 aromatic rings. The van der Waals surface area contributed by atoms with Crippen molar-refractivity contribution in [1.82, 2.24) is 14.8 Å². The molecule has 1 aliphatic heterocycles. The van der Waals surface area contributed by atoms with Crippen molar-refractivity contribution in [1.29, 1.82) is 0 Å². The molecule has 6 nitrogen and oxygen atoms in total. The van der Waals surface area contributed by atoms with Crippen LogP contribution in [0.4, 0.5) is 13.2 Å². The van der Waals surface area contributed by atoms with Crippen molar-refractivity contribution in [3.63, 3.8) is 0 Å². The van der Waals surface area contributed by atoms with Crippen LogP contribution in [0.15, 0.2) is 42.6 Å². The highest BCUT2D eigenvalue weighted by molar-refractivity contribution is 5.96. The molecule has 1 fully saturated rings. The molecule has 0 radical (unpaired) electrons. The monoisotopic (exact) mass is 409 g/mol. The van der Waals surface area contributed by atoms with Gasteiger partial charge in [-0.3, -0.25) is 9.69 Å². The number of carbonyl (C=O) groups excluding carboxylic acids is 1. The number of carbonyl (C=O) groups is 1. The van der Waals surface area contributed by atoms with Crippen LogP contribution in [0, 0.1) is 0 Å². The van der Waals surface area contributed by atoms with E-state index in [-0.39, 0.29) is 11.7 Å². The van der Waals surface area contributed by atoms with Gasteiger partial charge in [-0.05, 0) is 36.8 Å². The molecule has 9 heteroatoms. The molecule has 0 atom stereocenters. The number of piperazine rings is 1. The van der Waals surface area contributed by atoms with E-state index in [2.05, 4.69) is 14.6 Å². The number of nitrogens with zero attached hydrogens (tertiary/aromatic N) is 3. The van der Waals surface area contributed by atoms with E-state index >= 15 is 0 Å². The summed E-state index contributed by atoms with van der Waals surface area (Å²) in [6, 6.07) is 9.25. The zero-order valence-corrected chi connectivity index (χ0v) is 16.0. The van der Waals surface area contributed by atoms with Crippen LogP contribution in [0.2, 0.25) is 0 Å². The number of halogens is 3. The van der Waals surface area contributed by atoms with Crippen LogP contribution in [0.1, 0.15) is 22.8 Å². The Morgan fingerprint density at radius 2 is 1.79 bits per heavy atom. The van der Waals surface area contributed by atoms with Gasteiger partial charge in [-0.2, -0.15) is 0 Å². The number of ether oxygens (including phenoxy) is 2. The third-order valence-corrected chi connectivity index (χ3v) is 4.51. The Kier molecular flexibility index (Phi) is 6.58. The van der Waals surface area contributed by atoms with Crippen molar-refractivity contribution in [2.45, 2.75) is 19.8 Å². The Bertz CT molecular complexity index is 820. The SMILES string of the molecule is CCOc1ncccc1C(=O)N1CCN(Cc2ccc(OC(F)(F)F)cc2)CC1. The van der Waals surface area contributed by atoms with Crippen LogP contribution in [-0.4, -0.2) is 59.8 Å². The second kappa shape index (κ2) is 9.13. The van der Waals surface area contributed by atoms with Crippen LogP contribution in [0.5, 0.6) is 11.6 Å². The average Bonchev–Trinajstić information content (AvgIpc) is 2.69. The zero-order chi connectivity index (χ0) is 20.9. The van der Waals surface area contributed by atoms with Crippen molar-refractivity contribution in [3.8, 4) is 11.6 Å². The Hall–Kier alpha value is -2.81. The number of pyridine rings is 1. The van der Waals surface area contributed by atoms with E-state index < -0.39 is 6.36 Å². The summed E-state index contributed by atoms with van der Waals surface area (Å²) in [5.41, 5.74) is 1.33. The van der Waals surface area contributed by atoms with Crippen molar-refractivity contribution in [3.05, 3.63) is 53.7 Å². The third kappa shape index (κ3) is 5.83. The van der Waals surface area contributed by atoms with Gasteiger partial charge in [0.2, 0.25) is 5.88 Å². The molecule has 0 saturated carbocycles. The Labute approximate surface area is 166 Å². The molecular formula is C20H22F3N3O3. The first-order valence-electron chi connectivity index (χ1n) is 9.30. The minimum absolute atomic E-state index is 0.116. The lowest BCUT2D eigenvalue weighted by molar-refractivity contribution is -0.274. The second-order valence-corrected chi connectivity index (χ2v) is 6.55. The van der Waals surface area contributed by atoms with E-state index in [1.54, 1.807) is 35.4 Å². The molecule has 2 heterocycles. The fourth-order valence-electron chi connectivity index (χ4n) is 3.14. The van der Waals surface area contributed by atoms with E-state index in [0.29, 0.717) is 50.8 Å². The normalized spacial score (nSPS) is 15.2. The van der Waals surface area contributed by atoms with Crippen molar-refractivity contribution >= 4 is 5.91 Å². The highest BCUT2D eigenvalue weighted by Gasteiger charge is 2.31. The molecule has 1 aromatic heterocycles. The Balaban J connectivity index is 1.54. The number of amides is 1. The molecular weight excluding hydrogens is 387 g/mol. The minimum atomic E-state index is -4.69. The number of aromatic nitrogens is 1. The summed E-state index contributed by atoms with van der Waals surface area (Å²) in [5.74, 6) is -0.0170. The van der Waals surface area contributed by atoms with Gasteiger partial charge in [-0.1, -0.05) is 12.1 Å². The first-order chi connectivity index (χ1) is 13.9. The van der Waals surface area contributed by atoms with E-state index in [1.807, 2.05) is 6.92 Å². The van der Waals surface area contributed by atoms with Gasteiger partial charge in [0.1, 0.15) is 11.3 Å². The standard InChI is InChI=1S/C20H22F3N3O3/c1-2-28-18-17(4-3-9-24-18)19(27)26-12-10-25(11-13-26)14-15-5-7-16(8-6-15)29-20(21,22)23/h3-9H,2,10-14H2,1H3. The van der Waals surface area contributed by atoms with Crippen molar-refractivity contribution < 1.29 is 27.4 Å². The lowest BCUT2D eigenvalue weighted by Gasteiger charge is -2.35. The number of rotatable bonds is 6. The molecule has 29 heavy (non-hydrogen) atoms. The summed E-state index contributed by atoms with van der Waals surface area (Å²) in [6.45, 7) is 5.28. The van der Waals surface area contributed by atoms with Crippen LogP contribution in [-0.2, 0) is 6.54 Å². The van der Waals surface area contributed by atoms with Gasteiger partial charge < -0.3 is 14.4 Å². The molecule has 1 aliphatic rings. The number of benzene rings is 1. The van der Waals surface area contributed by atoms with Gasteiger partial charge in [0.25, 0.3) is 5.91 Å². The molecule has 3 rings (SSSR count). The molecule has 0 spiro atoms. The molecule has 1 aromatic carbocycles. The van der Waals surface area contributed by atoms with Gasteiger partial charge in [-0.25, -0.2) is 4.98 Å². The van der Waals surface area contributed by atoms with E-state index in [9.17, 15) is 18.0 Å². The summed E-state index contributed by atoms with van der Waals surface area (Å²) in [4.78, 5) is 20.8. The maximum atomic E-state index is 12.8. The number of hydrogen-bond acceptors (Lipinski definition) is 5. The number of alkyl halides is 3. The lowest BCUT2D eigenvalue weighted by Crippen LogP contribution is -2.48. The van der Waals surface area contributed by atoms with Crippen LogP contribution in [0.3, 0.4) is 0 Å². The second-order valence-electron chi connectivity index (χ2n) is 6.55. The first-order valence-corrected chi connectivity index (χ1v) is 9.30. The van der Waals surface area contributed by atoms with Crippen LogP contribution in [0.25, 0.3) is 0 Å². The lowest BCUT2D eigenvalue weighted by atomic mass is 10.1. The summed E-state index contributed by atoms with van der Waals surface area (Å²) in [5, 5.41) is 0.